The highest BCUT2D eigenvalue weighted by Crippen LogP contribution is 2.38. The minimum Gasteiger partial charge on any atom is -0.465 e. The molecule has 2 N–H and O–H groups in total. The van der Waals surface area contributed by atoms with Crippen LogP contribution in [-0.2, 0) is 17.6 Å². The van der Waals surface area contributed by atoms with E-state index in [4.69, 9.17) is 17.0 Å². The van der Waals surface area contributed by atoms with Crippen LogP contribution < -0.4 is 10.6 Å². The topological polar surface area (TPSA) is 50.4 Å². The van der Waals surface area contributed by atoms with E-state index in [1.807, 2.05) is 0 Å². The third kappa shape index (κ3) is 4.20. The lowest BCUT2D eigenvalue weighted by atomic mass is 9.95. The van der Waals surface area contributed by atoms with E-state index in [1.54, 1.807) is 11.3 Å². The zero-order chi connectivity index (χ0) is 15.9. The predicted octanol–water partition coefficient (Wildman–Crippen LogP) is 3.89. The van der Waals surface area contributed by atoms with Crippen molar-refractivity contribution < 1.29 is 9.53 Å². The van der Waals surface area contributed by atoms with Crippen molar-refractivity contribution in [1.82, 2.24) is 5.32 Å². The van der Waals surface area contributed by atoms with Gasteiger partial charge >= 0.3 is 5.97 Å². The molecule has 4 nitrogen and oxygen atoms in total. The number of ether oxygens (including phenoxy) is 1. The minimum atomic E-state index is -0.268. The number of unbranched alkanes of at least 4 members (excludes halogenated alkanes) is 2. The number of esters is 1. The van der Waals surface area contributed by atoms with Gasteiger partial charge < -0.3 is 15.4 Å². The van der Waals surface area contributed by atoms with Crippen LogP contribution in [0.3, 0.4) is 0 Å². The summed E-state index contributed by atoms with van der Waals surface area (Å²) in [5.41, 5.74) is 1.83. The Bertz CT molecular complexity index is 540. The third-order valence-corrected chi connectivity index (χ3v) is 5.31. The Kier molecular flexibility index (Phi) is 6.64. The molecular weight excluding hydrogens is 316 g/mol. The van der Waals surface area contributed by atoms with Crippen molar-refractivity contribution in [3.8, 4) is 0 Å². The van der Waals surface area contributed by atoms with Crippen LogP contribution in [0, 0.1) is 0 Å². The quantitative estimate of drug-likeness (QED) is 0.467. The Labute approximate surface area is 141 Å². The molecule has 0 aromatic carbocycles. The number of rotatable bonds is 6. The van der Waals surface area contributed by atoms with Gasteiger partial charge in [0, 0.05) is 11.4 Å². The summed E-state index contributed by atoms with van der Waals surface area (Å²) in [6.45, 7) is 3.04. The first kappa shape index (κ1) is 17.2. The summed E-state index contributed by atoms with van der Waals surface area (Å²) in [4.78, 5) is 13.4. The lowest BCUT2D eigenvalue weighted by molar-refractivity contribution is 0.0601. The summed E-state index contributed by atoms with van der Waals surface area (Å²) in [7, 11) is 1.43. The van der Waals surface area contributed by atoms with Gasteiger partial charge in [0.15, 0.2) is 5.11 Å². The number of aryl methyl sites for hydroxylation is 1. The fourth-order valence-corrected chi connectivity index (χ4v) is 4.25. The summed E-state index contributed by atoms with van der Waals surface area (Å²) >= 11 is 6.98. The smallest absolute Gasteiger partial charge is 0.341 e. The Hall–Kier alpha value is -1.14. The van der Waals surface area contributed by atoms with Crippen LogP contribution in [0.5, 0.6) is 0 Å². The standard InChI is InChI=1S/C16H24N2O2S2/c1-3-4-7-10-17-16(21)18-14-13(15(19)20-2)11-8-5-6-9-12(11)22-14/h3-10H2,1-2H3,(H2,17,18,21). The molecule has 0 unspecified atom stereocenters. The molecule has 0 saturated carbocycles. The lowest BCUT2D eigenvalue weighted by Crippen LogP contribution is -2.29. The Balaban J connectivity index is 2.08. The molecule has 6 heteroatoms. The molecule has 122 valence electrons. The number of hydrogen-bond donors (Lipinski definition) is 2. The van der Waals surface area contributed by atoms with Gasteiger partial charge in [-0.05, 0) is 49.9 Å². The van der Waals surface area contributed by atoms with Crippen LogP contribution in [0.15, 0.2) is 0 Å². The molecule has 22 heavy (non-hydrogen) atoms. The monoisotopic (exact) mass is 340 g/mol. The van der Waals surface area contributed by atoms with Crippen molar-refractivity contribution in [1.29, 1.82) is 0 Å². The molecule has 0 radical (unpaired) electrons. The first-order chi connectivity index (χ1) is 10.7. The summed E-state index contributed by atoms with van der Waals surface area (Å²) in [5, 5.41) is 7.81. The van der Waals surface area contributed by atoms with Crippen molar-refractivity contribution in [2.45, 2.75) is 51.9 Å². The molecular formula is C16H24N2O2S2. The van der Waals surface area contributed by atoms with Crippen LogP contribution in [0.2, 0.25) is 0 Å². The second-order valence-electron chi connectivity index (χ2n) is 5.49. The van der Waals surface area contributed by atoms with Crippen LogP contribution in [-0.4, -0.2) is 24.7 Å². The average molecular weight is 341 g/mol. The van der Waals surface area contributed by atoms with E-state index in [-0.39, 0.29) is 5.97 Å². The number of anilines is 1. The number of carbonyl (C=O) groups is 1. The molecule has 0 amide bonds. The number of fused-ring (bicyclic) bond motifs is 1. The van der Waals surface area contributed by atoms with Gasteiger partial charge in [0.05, 0.1) is 12.7 Å². The Morgan fingerprint density at radius 2 is 2.09 bits per heavy atom. The molecule has 1 heterocycles. The van der Waals surface area contributed by atoms with Crippen molar-refractivity contribution in [3.63, 3.8) is 0 Å². The SMILES string of the molecule is CCCCCNC(=S)Nc1sc2c(c1C(=O)OC)CCCC2. The van der Waals surface area contributed by atoms with Crippen LogP contribution in [0.1, 0.15) is 59.8 Å². The summed E-state index contributed by atoms with van der Waals surface area (Å²) in [5.74, 6) is -0.268. The lowest BCUT2D eigenvalue weighted by Gasteiger charge is -2.12. The summed E-state index contributed by atoms with van der Waals surface area (Å²) in [6, 6.07) is 0. The average Bonchev–Trinajstić information content (AvgIpc) is 2.88. The zero-order valence-corrected chi connectivity index (χ0v) is 14.9. The van der Waals surface area contributed by atoms with Crippen LogP contribution >= 0.6 is 23.6 Å². The second kappa shape index (κ2) is 8.48. The van der Waals surface area contributed by atoms with Gasteiger partial charge in [-0.3, -0.25) is 0 Å². The van der Waals surface area contributed by atoms with Crippen molar-refractivity contribution in [2.75, 3.05) is 19.0 Å². The first-order valence-electron chi connectivity index (χ1n) is 7.95. The Morgan fingerprint density at radius 3 is 2.82 bits per heavy atom. The van der Waals surface area contributed by atoms with E-state index in [1.165, 1.54) is 31.2 Å². The maximum absolute atomic E-state index is 12.1. The second-order valence-corrected chi connectivity index (χ2v) is 7.01. The third-order valence-electron chi connectivity index (χ3n) is 3.85. The zero-order valence-electron chi connectivity index (χ0n) is 13.3. The fraction of sp³-hybridized carbons (Fsp3) is 0.625. The van der Waals surface area contributed by atoms with Crippen molar-refractivity contribution in [3.05, 3.63) is 16.0 Å². The van der Waals surface area contributed by atoms with E-state index in [9.17, 15) is 4.79 Å². The highest BCUT2D eigenvalue weighted by Gasteiger charge is 2.26. The van der Waals surface area contributed by atoms with Crippen molar-refractivity contribution in [2.24, 2.45) is 0 Å². The highest BCUT2D eigenvalue weighted by atomic mass is 32.1. The fourth-order valence-electron chi connectivity index (χ4n) is 2.70. The number of thiocarbonyl (C=S) groups is 1. The molecule has 1 aromatic heterocycles. The summed E-state index contributed by atoms with van der Waals surface area (Å²) in [6.07, 6.45) is 7.79. The number of carbonyl (C=O) groups excluding carboxylic acids is 1. The maximum atomic E-state index is 12.1. The summed E-state index contributed by atoms with van der Waals surface area (Å²) < 4.78 is 4.96. The molecule has 1 aliphatic carbocycles. The van der Waals surface area contributed by atoms with E-state index in [0.29, 0.717) is 10.7 Å². The van der Waals surface area contributed by atoms with E-state index >= 15 is 0 Å². The van der Waals surface area contributed by atoms with Crippen molar-refractivity contribution >= 4 is 39.6 Å². The first-order valence-corrected chi connectivity index (χ1v) is 9.17. The molecule has 0 bridgehead atoms. The van der Waals surface area contributed by atoms with Gasteiger partial charge in [-0.2, -0.15) is 0 Å². The molecule has 1 aliphatic rings. The normalized spacial score (nSPS) is 13.4. The molecule has 0 spiro atoms. The van der Waals surface area contributed by atoms with Gasteiger partial charge in [0.1, 0.15) is 5.00 Å². The van der Waals surface area contributed by atoms with Gasteiger partial charge in [-0.1, -0.05) is 19.8 Å². The van der Waals surface area contributed by atoms with E-state index < -0.39 is 0 Å². The van der Waals surface area contributed by atoms with Gasteiger partial charge in [-0.25, -0.2) is 4.79 Å². The van der Waals surface area contributed by atoms with E-state index in [0.717, 1.165) is 42.8 Å². The maximum Gasteiger partial charge on any atom is 0.341 e. The molecule has 0 saturated heterocycles. The molecule has 2 rings (SSSR count). The number of methoxy groups -OCH3 is 1. The molecule has 0 atom stereocenters. The highest BCUT2D eigenvalue weighted by molar-refractivity contribution is 7.80. The van der Waals surface area contributed by atoms with Gasteiger partial charge in [0.2, 0.25) is 0 Å². The van der Waals surface area contributed by atoms with Crippen LogP contribution in [0.25, 0.3) is 0 Å². The predicted molar refractivity (Wildman–Crippen MR) is 96.0 cm³/mol. The molecule has 0 fully saturated rings. The number of nitrogens with one attached hydrogen (secondary N) is 2. The number of hydrogen-bond acceptors (Lipinski definition) is 4. The molecule has 0 aliphatic heterocycles. The Morgan fingerprint density at radius 1 is 1.32 bits per heavy atom. The van der Waals surface area contributed by atoms with Gasteiger partial charge in [-0.15, -0.1) is 11.3 Å². The number of thiophene rings is 1. The van der Waals surface area contributed by atoms with E-state index in [2.05, 4.69) is 17.6 Å². The largest absolute Gasteiger partial charge is 0.465 e. The molecule has 1 aromatic rings. The minimum absolute atomic E-state index is 0.268. The van der Waals surface area contributed by atoms with Gasteiger partial charge in [0.25, 0.3) is 0 Å². The van der Waals surface area contributed by atoms with Crippen LogP contribution in [0.4, 0.5) is 5.00 Å².